The van der Waals surface area contributed by atoms with E-state index >= 15 is 0 Å². The van der Waals surface area contributed by atoms with Crippen molar-refractivity contribution in [3.8, 4) is 0 Å². The smallest absolute Gasteiger partial charge is 0.149 e. The minimum Gasteiger partial charge on any atom is -0.371 e. The molecule has 0 aromatic carbocycles. The van der Waals surface area contributed by atoms with Crippen molar-refractivity contribution in [3.63, 3.8) is 0 Å². The van der Waals surface area contributed by atoms with Gasteiger partial charge in [-0.15, -0.1) is 0 Å². The molecule has 0 saturated heterocycles. The fraction of sp³-hybridized carbons (Fsp3) is 0.667. The first kappa shape index (κ1) is 9.26. The highest BCUT2D eigenvalue weighted by molar-refractivity contribution is 5.07. The molecule has 68 valence electrons. The summed E-state index contributed by atoms with van der Waals surface area (Å²) in [5.74, 6) is 0.197. The lowest BCUT2D eigenvalue weighted by molar-refractivity contribution is 0.0427. The summed E-state index contributed by atoms with van der Waals surface area (Å²) in [4.78, 5) is 0. The summed E-state index contributed by atoms with van der Waals surface area (Å²) in [6.45, 7) is 7.82. The van der Waals surface area contributed by atoms with Gasteiger partial charge in [-0.05, 0) is 25.8 Å². The Morgan fingerprint density at radius 2 is 2.00 bits per heavy atom. The first-order valence-electron chi connectivity index (χ1n) is 4.23. The van der Waals surface area contributed by atoms with Crippen LogP contribution in [0.2, 0.25) is 0 Å². The Morgan fingerprint density at radius 3 is 2.33 bits per heavy atom. The van der Waals surface area contributed by atoms with Crippen LogP contribution in [0.4, 0.5) is 0 Å². The lowest BCUT2D eigenvalue weighted by Gasteiger charge is -2.16. The third kappa shape index (κ3) is 1.67. The lowest BCUT2D eigenvalue weighted by Crippen LogP contribution is -2.16. The van der Waals surface area contributed by atoms with Gasteiger partial charge in [-0.3, -0.25) is 0 Å². The average Bonchev–Trinajstić information content (AvgIpc) is 2.28. The number of nitrogens with zero attached hydrogens (tertiary/aromatic N) is 2. The minimum absolute atomic E-state index is 0.197. The molecule has 0 aliphatic carbocycles. The first-order valence-corrected chi connectivity index (χ1v) is 4.23. The second-order valence-corrected chi connectivity index (χ2v) is 3.53. The van der Waals surface area contributed by atoms with Crippen molar-refractivity contribution in [2.24, 2.45) is 5.92 Å². The number of aliphatic hydroxyl groups excluding tert-OH is 1. The highest BCUT2D eigenvalue weighted by atomic mass is 16.3. The fourth-order valence-corrected chi connectivity index (χ4v) is 1.20. The van der Waals surface area contributed by atoms with Gasteiger partial charge in [-0.1, -0.05) is 13.8 Å². The average molecular weight is 168 g/mol. The second-order valence-electron chi connectivity index (χ2n) is 3.53. The summed E-state index contributed by atoms with van der Waals surface area (Å²) in [7, 11) is 0. The van der Waals surface area contributed by atoms with Gasteiger partial charge in [0, 0.05) is 5.69 Å². The van der Waals surface area contributed by atoms with Crippen LogP contribution >= 0.6 is 0 Å². The molecule has 1 N–H and O–H groups in total. The molecule has 0 aliphatic rings. The summed E-state index contributed by atoms with van der Waals surface area (Å²) in [5.41, 5.74) is 1.96. The molecule has 1 aromatic rings. The van der Waals surface area contributed by atoms with Crippen LogP contribution in [-0.2, 0) is 0 Å². The van der Waals surface area contributed by atoms with E-state index in [1.165, 1.54) is 0 Å². The minimum atomic E-state index is -0.501. The van der Waals surface area contributed by atoms with E-state index < -0.39 is 6.23 Å². The molecular formula is C9H16N2O. The molecule has 1 aromatic heterocycles. The Kier molecular flexibility index (Phi) is 2.52. The van der Waals surface area contributed by atoms with Crippen LogP contribution in [-0.4, -0.2) is 14.9 Å². The van der Waals surface area contributed by atoms with E-state index in [1.54, 1.807) is 4.68 Å². The normalized spacial score (nSPS) is 13.8. The molecule has 0 aliphatic heterocycles. The van der Waals surface area contributed by atoms with E-state index in [-0.39, 0.29) is 5.92 Å². The summed E-state index contributed by atoms with van der Waals surface area (Å²) in [6.07, 6.45) is -0.501. The van der Waals surface area contributed by atoms with E-state index in [4.69, 9.17) is 0 Å². The number of aliphatic hydroxyl groups is 1. The van der Waals surface area contributed by atoms with Crippen molar-refractivity contribution >= 4 is 0 Å². The number of hydrogen-bond donors (Lipinski definition) is 1. The molecular weight excluding hydrogens is 152 g/mol. The molecule has 12 heavy (non-hydrogen) atoms. The van der Waals surface area contributed by atoms with E-state index in [0.29, 0.717) is 0 Å². The zero-order valence-electron chi connectivity index (χ0n) is 8.07. The van der Waals surface area contributed by atoms with Gasteiger partial charge < -0.3 is 5.11 Å². The molecule has 0 radical (unpaired) electrons. The van der Waals surface area contributed by atoms with Crippen LogP contribution in [0.15, 0.2) is 6.07 Å². The van der Waals surface area contributed by atoms with E-state index in [9.17, 15) is 5.11 Å². The van der Waals surface area contributed by atoms with Crippen molar-refractivity contribution in [2.45, 2.75) is 33.9 Å². The second kappa shape index (κ2) is 3.27. The van der Waals surface area contributed by atoms with Crippen molar-refractivity contribution in [2.75, 3.05) is 0 Å². The maximum Gasteiger partial charge on any atom is 0.149 e. The van der Waals surface area contributed by atoms with Crippen molar-refractivity contribution in [1.82, 2.24) is 9.78 Å². The molecule has 0 spiro atoms. The van der Waals surface area contributed by atoms with Crippen LogP contribution < -0.4 is 0 Å². The van der Waals surface area contributed by atoms with Crippen LogP contribution in [0.25, 0.3) is 0 Å². The van der Waals surface area contributed by atoms with Crippen LogP contribution in [0.5, 0.6) is 0 Å². The van der Waals surface area contributed by atoms with Crippen LogP contribution in [0, 0.1) is 19.8 Å². The molecule has 0 bridgehead atoms. The summed E-state index contributed by atoms with van der Waals surface area (Å²) in [5, 5.41) is 13.9. The Balaban J connectivity index is 2.94. The van der Waals surface area contributed by atoms with Gasteiger partial charge in [-0.2, -0.15) is 5.10 Å². The number of aryl methyl sites for hydroxylation is 2. The van der Waals surface area contributed by atoms with Gasteiger partial charge in [0.1, 0.15) is 6.23 Å². The highest BCUT2D eigenvalue weighted by Crippen LogP contribution is 2.15. The Morgan fingerprint density at radius 1 is 1.42 bits per heavy atom. The number of rotatable bonds is 2. The molecule has 0 fully saturated rings. The van der Waals surface area contributed by atoms with E-state index in [2.05, 4.69) is 5.10 Å². The van der Waals surface area contributed by atoms with Crippen molar-refractivity contribution in [3.05, 3.63) is 17.5 Å². The molecule has 1 atom stereocenters. The maximum atomic E-state index is 9.69. The third-order valence-corrected chi connectivity index (χ3v) is 1.89. The summed E-state index contributed by atoms with van der Waals surface area (Å²) < 4.78 is 1.67. The maximum absolute atomic E-state index is 9.69. The van der Waals surface area contributed by atoms with Gasteiger partial charge >= 0.3 is 0 Å². The Hall–Kier alpha value is -0.830. The van der Waals surface area contributed by atoms with Gasteiger partial charge in [0.15, 0.2) is 0 Å². The predicted molar refractivity (Wildman–Crippen MR) is 47.8 cm³/mol. The monoisotopic (exact) mass is 168 g/mol. The van der Waals surface area contributed by atoms with Crippen LogP contribution in [0.1, 0.15) is 31.5 Å². The molecule has 0 amide bonds. The lowest BCUT2D eigenvalue weighted by atomic mass is 10.2. The van der Waals surface area contributed by atoms with Gasteiger partial charge in [0.05, 0.1) is 5.69 Å². The zero-order valence-corrected chi connectivity index (χ0v) is 8.07. The van der Waals surface area contributed by atoms with Gasteiger partial charge in [0.25, 0.3) is 0 Å². The third-order valence-electron chi connectivity index (χ3n) is 1.89. The molecule has 3 heteroatoms. The molecule has 1 unspecified atom stereocenters. The summed E-state index contributed by atoms with van der Waals surface area (Å²) >= 11 is 0. The topological polar surface area (TPSA) is 38.0 Å². The number of aromatic nitrogens is 2. The Bertz CT molecular complexity index is 265. The molecule has 1 rings (SSSR count). The van der Waals surface area contributed by atoms with Crippen molar-refractivity contribution in [1.29, 1.82) is 0 Å². The standard InChI is InChI=1S/C9H16N2O/c1-6(2)9(12)11-8(4)5-7(3)10-11/h5-6,9,12H,1-4H3. The molecule has 3 nitrogen and oxygen atoms in total. The Labute approximate surface area is 73.0 Å². The SMILES string of the molecule is Cc1cc(C)n(C(O)C(C)C)n1. The number of hydrogen-bond acceptors (Lipinski definition) is 2. The molecule has 0 saturated carbocycles. The predicted octanol–water partition coefficient (Wildman–Crippen LogP) is 1.65. The highest BCUT2D eigenvalue weighted by Gasteiger charge is 2.14. The van der Waals surface area contributed by atoms with Gasteiger partial charge in [-0.25, -0.2) is 4.68 Å². The van der Waals surface area contributed by atoms with Crippen LogP contribution in [0.3, 0.4) is 0 Å². The van der Waals surface area contributed by atoms with E-state index in [1.807, 2.05) is 33.8 Å². The van der Waals surface area contributed by atoms with Crippen molar-refractivity contribution < 1.29 is 5.11 Å². The summed E-state index contributed by atoms with van der Waals surface area (Å²) in [6, 6.07) is 1.96. The zero-order chi connectivity index (χ0) is 9.30. The first-order chi connectivity index (χ1) is 5.52. The molecule has 1 heterocycles. The van der Waals surface area contributed by atoms with Gasteiger partial charge in [0.2, 0.25) is 0 Å². The largest absolute Gasteiger partial charge is 0.371 e. The van der Waals surface area contributed by atoms with E-state index in [0.717, 1.165) is 11.4 Å². The quantitative estimate of drug-likeness (QED) is 0.729. The fourth-order valence-electron chi connectivity index (χ4n) is 1.20.